The zero-order chi connectivity index (χ0) is 19.2. The van der Waals surface area contributed by atoms with Crippen molar-refractivity contribution in [3.63, 3.8) is 0 Å². The number of aromatic nitrogens is 2. The molecule has 0 spiro atoms. The van der Waals surface area contributed by atoms with Crippen LogP contribution in [0.25, 0.3) is 0 Å². The maximum absolute atomic E-state index is 12.1. The summed E-state index contributed by atoms with van der Waals surface area (Å²) in [6, 6.07) is 8.04. The van der Waals surface area contributed by atoms with Gasteiger partial charge in [0.05, 0.1) is 10.6 Å². The summed E-state index contributed by atoms with van der Waals surface area (Å²) < 4.78 is 0. The van der Waals surface area contributed by atoms with Crippen LogP contribution in [0.1, 0.15) is 18.4 Å². The van der Waals surface area contributed by atoms with Gasteiger partial charge in [0.15, 0.2) is 0 Å². The minimum absolute atomic E-state index is 0.0900. The molecule has 0 radical (unpaired) electrons. The Morgan fingerprint density at radius 1 is 1.19 bits per heavy atom. The van der Waals surface area contributed by atoms with Gasteiger partial charge in [-0.3, -0.25) is 9.59 Å². The van der Waals surface area contributed by atoms with E-state index >= 15 is 0 Å². The largest absolute Gasteiger partial charge is 0.345 e. The monoisotopic (exact) mass is 384 g/mol. The molecule has 1 aliphatic rings. The van der Waals surface area contributed by atoms with Crippen LogP contribution in [0.15, 0.2) is 36.7 Å². The van der Waals surface area contributed by atoms with Gasteiger partial charge in [0.1, 0.15) is 6.07 Å². The lowest BCUT2D eigenvalue weighted by molar-refractivity contribution is -0.136. The van der Waals surface area contributed by atoms with Gasteiger partial charge in [0.25, 0.3) is 0 Å². The number of nitriles is 1. The van der Waals surface area contributed by atoms with E-state index in [2.05, 4.69) is 20.6 Å². The van der Waals surface area contributed by atoms with E-state index in [1.807, 2.05) is 11.0 Å². The quantitative estimate of drug-likeness (QED) is 0.779. The fraction of sp³-hybridized carbons (Fsp3) is 0.278. The van der Waals surface area contributed by atoms with Crippen LogP contribution in [0.4, 0.5) is 11.6 Å². The van der Waals surface area contributed by atoms with Crippen molar-refractivity contribution in [3.05, 3.63) is 47.2 Å². The lowest BCUT2D eigenvalue weighted by Crippen LogP contribution is -2.48. The van der Waals surface area contributed by atoms with Crippen molar-refractivity contribution in [2.45, 2.75) is 18.9 Å². The molecule has 3 rings (SSSR count). The number of nitrogens with zero attached hydrogens (tertiary/aromatic N) is 4. The highest BCUT2D eigenvalue weighted by molar-refractivity contribution is 6.40. The predicted molar refractivity (Wildman–Crippen MR) is 100 cm³/mol. The van der Waals surface area contributed by atoms with Crippen LogP contribution in [0, 0.1) is 11.3 Å². The standard InChI is InChI=1S/C18H17ClN6O2/c19-15-10-14(3-2-12(15)11-20)24-17(27)16(26)23-13-4-8-25(9-5-13)18-21-6-1-7-22-18/h1-3,6-7,10,13H,4-5,8-9H2,(H,23,26)(H,24,27). The van der Waals surface area contributed by atoms with Crippen molar-refractivity contribution in [3.8, 4) is 6.07 Å². The van der Waals surface area contributed by atoms with Crippen molar-refractivity contribution in [1.29, 1.82) is 5.26 Å². The summed E-state index contributed by atoms with van der Waals surface area (Å²) in [5, 5.41) is 14.3. The smallest absolute Gasteiger partial charge is 0.313 e. The van der Waals surface area contributed by atoms with E-state index in [9.17, 15) is 9.59 Å². The van der Waals surface area contributed by atoms with Crippen molar-refractivity contribution < 1.29 is 9.59 Å². The van der Waals surface area contributed by atoms with Gasteiger partial charge in [0.2, 0.25) is 5.95 Å². The molecule has 1 aliphatic heterocycles. The molecule has 0 atom stereocenters. The number of carbonyl (C=O) groups excluding carboxylic acids is 2. The molecule has 1 saturated heterocycles. The second kappa shape index (κ2) is 8.47. The van der Waals surface area contributed by atoms with Crippen LogP contribution in [-0.4, -0.2) is 40.9 Å². The van der Waals surface area contributed by atoms with Crippen LogP contribution in [0.2, 0.25) is 5.02 Å². The average molecular weight is 385 g/mol. The molecule has 8 nitrogen and oxygen atoms in total. The molecule has 2 N–H and O–H groups in total. The van der Waals surface area contributed by atoms with E-state index in [4.69, 9.17) is 16.9 Å². The zero-order valence-electron chi connectivity index (χ0n) is 14.4. The Bertz CT molecular complexity index is 875. The number of benzene rings is 1. The average Bonchev–Trinajstić information content (AvgIpc) is 2.69. The molecule has 1 fully saturated rings. The molecule has 9 heteroatoms. The first-order chi connectivity index (χ1) is 13.1. The first-order valence-electron chi connectivity index (χ1n) is 8.40. The van der Waals surface area contributed by atoms with Crippen molar-refractivity contribution in [2.24, 2.45) is 0 Å². The molecule has 1 aromatic heterocycles. The van der Waals surface area contributed by atoms with E-state index in [-0.39, 0.29) is 11.1 Å². The van der Waals surface area contributed by atoms with Crippen molar-refractivity contribution >= 4 is 35.1 Å². The highest BCUT2D eigenvalue weighted by atomic mass is 35.5. The molecule has 2 aromatic rings. The van der Waals surface area contributed by atoms with Gasteiger partial charge in [-0.25, -0.2) is 9.97 Å². The molecule has 138 valence electrons. The highest BCUT2D eigenvalue weighted by Crippen LogP contribution is 2.20. The summed E-state index contributed by atoms with van der Waals surface area (Å²) in [6.45, 7) is 1.39. The Kier molecular flexibility index (Phi) is 5.84. The lowest BCUT2D eigenvalue weighted by Gasteiger charge is -2.32. The van der Waals surface area contributed by atoms with Crippen LogP contribution in [0.3, 0.4) is 0 Å². The summed E-state index contributed by atoms with van der Waals surface area (Å²) in [6.07, 6.45) is 4.77. The van der Waals surface area contributed by atoms with E-state index in [1.165, 1.54) is 18.2 Å². The molecule has 2 heterocycles. The Hall–Kier alpha value is -3.18. The Labute approximate surface area is 161 Å². The SMILES string of the molecule is N#Cc1ccc(NC(=O)C(=O)NC2CCN(c3ncccn3)CC2)cc1Cl. The molecular weight excluding hydrogens is 368 g/mol. The normalized spacial score (nSPS) is 14.3. The molecular formula is C18H17ClN6O2. The molecule has 27 heavy (non-hydrogen) atoms. The minimum Gasteiger partial charge on any atom is -0.345 e. The number of hydrogen-bond acceptors (Lipinski definition) is 6. The maximum Gasteiger partial charge on any atom is 0.313 e. The predicted octanol–water partition coefficient (Wildman–Crippen LogP) is 1.73. The van der Waals surface area contributed by atoms with E-state index in [0.717, 1.165) is 0 Å². The Balaban J connectivity index is 1.50. The summed E-state index contributed by atoms with van der Waals surface area (Å²) in [4.78, 5) is 34.7. The second-order valence-corrected chi connectivity index (χ2v) is 6.45. The maximum atomic E-state index is 12.1. The molecule has 2 amide bonds. The minimum atomic E-state index is -0.774. The Morgan fingerprint density at radius 2 is 1.89 bits per heavy atom. The highest BCUT2D eigenvalue weighted by Gasteiger charge is 2.24. The van der Waals surface area contributed by atoms with Crippen LogP contribution < -0.4 is 15.5 Å². The number of hydrogen-bond donors (Lipinski definition) is 2. The third-order valence-electron chi connectivity index (χ3n) is 4.22. The van der Waals surface area contributed by atoms with Gasteiger partial charge in [-0.05, 0) is 37.1 Å². The molecule has 0 bridgehead atoms. The summed E-state index contributed by atoms with van der Waals surface area (Å²) in [7, 11) is 0. The van der Waals surface area contributed by atoms with Crippen molar-refractivity contribution in [2.75, 3.05) is 23.3 Å². The molecule has 0 aliphatic carbocycles. The first-order valence-corrected chi connectivity index (χ1v) is 8.78. The summed E-state index contributed by atoms with van der Waals surface area (Å²) >= 11 is 5.92. The first kappa shape index (κ1) is 18.6. The zero-order valence-corrected chi connectivity index (χ0v) is 15.1. The number of rotatable bonds is 3. The number of carbonyl (C=O) groups is 2. The Morgan fingerprint density at radius 3 is 2.52 bits per heavy atom. The molecule has 1 aromatic carbocycles. The fourth-order valence-corrected chi connectivity index (χ4v) is 3.02. The molecule has 0 unspecified atom stereocenters. The summed E-state index contributed by atoms with van der Waals surface area (Å²) in [5.74, 6) is -0.813. The number of amides is 2. The van der Waals surface area contributed by atoms with Gasteiger partial charge in [0, 0.05) is 37.2 Å². The van der Waals surface area contributed by atoms with E-state index < -0.39 is 11.8 Å². The fourth-order valence-electron chi connectivity index (χ4n) is 2.80. The van der Waals surface area contributed by atoms with Crippen LogP contribution in [-0.2, 0) is 9.59 Å². The van der Waals surface area contributed by atoms with Gasteiger partial charge in [-0.15, -0.1) is 0 Å². The van der Waals surface area contributed by atoms with Gasteiger partial charge >= 0.3 is 11.8 Å². The number of nitrogens with one attached hydrogen (secondary N) is 2. The third kappa shape index (κ3) is 4.71. The van der Waals surface area contributed by atoms with Gasteiger partial charge < -0.3 is 15.5 Å². The third-order valence-corrected chi connectivity index (χ3v) is 4.53. The van der Waals surface area contributed by atoms with Crippen LogP contribution >= 0.6 is 11.6 Å². The van der Waals surface area contributed by atoms with Crippen LogP contribution in [0.5, 0.6) is 0 Å². The number of anilines is 2. The van der Waals surface area contributed by atoms with Crippen molar-refractivity contribution in [1.82, 2.24) is 15.3 Å². The number of halogens is 1. The van der Waals surface area contributed by atoms with E-state index in [1.54, 1.807) is 18.5 Å². The lowest BCUT2D eigenvalue weighted by atomic mass is 10.1. The second-order valence-electron chi connectivity index (χ2n) is 6.04. The van der Waals surface area contributed by atoms with E-state index in [0.29, 0.717) is 43.1 Å². The summed E-state index contributed by atoms with van der Waals surface area (Å²) in [5.41, 5.74) is 0.656. The topological polar surface area (TPSA) is 111 Å². The van der Waals surface area contributed by atoms with Gasteiger partial charge in [-0.2, -0.15) is 5.26 Å². The number of piperidine rings is 1. The van der Waals surface area contributed by atoms with Gasteiger partial charge in [-0.1, -0.05) is 11.6 Å². The molecule has 0 saturated carbocycles.